The molecule has 0 amide bonds. The fourth-order valence-corrected chi connectivity index (χ4v) is 1.88. The number of unbranched alkanes of at least 4 members (excludes halogenated alkanes) is 2. The molecular formula is C13H25NO3. The summed E-state index contributed by atoms with van der Waals surface area (Å²) in [5, 5.41) is 3.28. The third-order valence-corrected chi connectivity index (χ3v) is 2.96. The molecule has 0 bridgehead atoms. The van der Waals surface area contributed by atoms with Crippen LogP contribution in [0.5, 0.6) is 0 Å². The smallest absolute Gasteiger partial charge is 0.308 e. The zero-order chi connectivity index (χ0) is 12.3. The van der Waals surface area contributed by atoms with E-state index in [1.54, 1.807) is 0 Å². The average molecular weight is 243 g/mol. The minimum Gasteiger partial charge on any atom is -0.466 e. The Hall–Kier alpha value is -0.610. The topological polar surface area (TPSA) is 47.6 Å². The zero-order valence-corrected chi connectivity index (χ0v) is 10.9. The maximum Gasteiger partial charge on any atom is 0.308 e. The quantitative estimate of drug-likeness (QED) is 0.522. The molecule has 0 radical (unpaired) electrons. The molecule has 1 heterocycles. The van der Waals surface area contributed by atoms with Crippen LogP contribution in [0.15, 0.2) is 0 Å². The highest BCUT2D eigenvalue weighted by Gasteiger charge is 2.13. The van der Waals surface area contributed by atoms with E-state index in [2.05, 4.69) is 12.2 Å². The Kier molecular flexibility index (Phi) is 8.01. The highest BCUT2D eigenvalue weighted by Crippen LogP contribution is 2.07. The van der Waals surface area contributed by atoms with Crippen molar-refractivity contribution in [2.75, 3.05) is 26.3 Å². The van der Waals surface area contributed by atoms with Crippen LogP contribution in [0.1, 0.15) is 45.4 Å². The first kappa shape index (κ1) is 14.5. The lowest BCUT2D eigenvalue weighted by Gasteiger charge is -2.22. The summed E-state index contributed by atoms with van der Waals surface area (Å²) in [7, 11) is 0. The second-order valence-electron chi connectivity index (χ2n) is 4.50. The van der Waals surface area contributed by atoms with E-state index in [4.69, 9.17) is 9.47 Å². The van der Waals surface area contributed by atoms with Crippen molar-refractivity contribution in [1.29, 1.82) is 0 Å². The van der Waals surface area contributed by atoms with Crippen molar-refractivity contribution in [1.82, 2.24) is 5.32 Å². The molecule has 0 aromatic rings. The number of nitrogens with one attached hydrogen (secondary N) is 1. The molecule has 0 atom stereocenters. The Bertz CT molecular complexity index is 203. The van der Waals surface area contributed by atoms with E-state index in [0.717, 1.165) is 45.2 Å². The van der Waals surface area contributed by atoms with E-state index < -0.39 is 0 Å². The summed E-state index contributed by atoms with van der Waals surface area (Å²) < 4.78 is 10.7. The summed E-state index contributed by atoms with van der Waals surface area (Å²) in [5.74, 6) is -0.130. The van der Waals surface area contributed by atoms with Crippen LogP contribution in [0.2, 0.25) is 0 Å². The molecule has 4 nitrogen and oxygen atoms in total. The summed E-state index contributed by atoms with van der Waals surface area (Å²) in [6, 6.07) is 0. The van der Waals surface area contributed by atoms with Gasteiger partial charge in [0.2, 0.25) is 0 Å². The van der Waals surface area contributed by atoms with Crippen molar-refractivity contribution in [3.8, 4) is 0 Å². The van der Waals surface area contributed by atoms with Crippen LogP contribution in [-0.2, 0) is 14.3 Å². The third kappa shape index (κ3) is 7.34. The summed E-state index contributed by atoms with van der Waals surface area (Å²) in [6.45, 7) is 5.23. The van der Waals surface area contributed by atoms with Crippen LogP contribution in [0.4, 0.5) is 0 Å². The van der Waals surface area contributed by atoms with E-state index in [1.807, 2.05) is 0 Å². The highest BCUT2D eigenvalue weighted by molar-refractivity contribution is 5.69. The predicted octanol–water partition coefficient (Wildman–Crippen LogP) is 1.88. The third-order valence-electron chi connectivity index (χ3n) is 2.96. The van der Waals surface area contributed by atoms with Crippen LogP contribution in [0.25, 0.3) is 0 Å². The second kappa shape index (κ2) is 9.42. The van der Waals surface area contributed by atoms with Gasteiger partial charge in [-0.05, 0) is 32.4 Å². The first-order valence-corrected chi connectivity index (χ1v) is 6.81. The minimum absolute atomic E-state index is 0.130. The average Bonchev–Trinajstić information content (AvgIpc) is 2.36. The summed E-state index contributed by atoms with van der Waals surface area (Å²) >= 11 is 0. The molecule has 0 spiro atoms. The van der Waals surface area contributed by atoms with Gasteiger partial charge in [0.25, 0.3) is 0 Å². The van der Waals surface area contributed by atoms with Gasteiger partial charge >= 0.3 is 5.97 Å². The van der Waals surface area contributed by atoms with Gasteiger partial charge in [0, 0.05) is 0 Å². The zero-order valence-electron chi connectivity index (χ0n) is 10.9. The number of ether oxygens (including phenoxy) is 2. The molecule has 1 fully saturated rings. The largest absolute Gasteiger partial charge is 0.466 e. The molecule has 1 aliphatic heterocycles. The Morgan fingerprint density at radius 2 is 2.00 bits per heavy atom. The molecule has 1 saturated heterocycles. The lowest BCUT2D eigenvalue weighted by molar-refractivity contribution is -0.145. The molecule has 0 aliphatic carbocycles. The van der Waals surface area contributed by atoms with Crippen molar-refractivity contribution in [3.05, 3.63) is 0 Å². The summed E-state index contributed by atoms with van der Waals surface area (Å²) in [6.07, 6.45) is 6.05. The first-order chi connectivity index (χ1) is 8.33. The number of rotatable bonds is 8. The molecule has 100 valence electrons. The monoisotopic (exact) mass is 243 g/mol. The molecule has 0 saturated carbocycles. The van der Waals surface area contributed by atoms with Gasteiger partial charge < -0.3 is 14.8 Å². The lowest BCUT2D eigenvalue weighted by atomic mass is 10.1. The molecule has 0 unspecified atom stereocenters. The number of carbonyl (C=O) groups excluding carboxylic acids is 1. The van der Waals surface area contributed by atoms with E-state index in [0.29, 0.717) is 25.7 Å². The van der Waals surface area contributed by atoms with Gasteiger partial charge in [-0.1, -0.05) is 19.8 Å². The number of hydrogen-bond donors (Lipinski definition) is 1. The van der Waals surface area contributed by atoms with Gasteiger partial charge in [0.15, 0.2) is 0 Å². The van der Waals surface area contributed by atoms with E-state index >= 15 is 0 Å². The van der Waals surface area contributed by atoms with E-state index in [1.165, 1.54) is 0 Å². The van der Waals surface area contributed by atoms with Crippen molar-refractivity contribution >= 4 is 5.97 Å². The maximum atomic E-state index is 11.3. The van der Waals surface area contributed by atoms with Crippen LogP contribution >= 0.6 is 0 Å². The normalized spacial score (nSPS) is 17.0. The van der Waals surface area contributed by atoms with Gasteiger partial charge in [0.05, 0.1) is 25.7 Å². The molecule has 0 aromatic carbocycles. The van der Waals surface area contributed by atoms with Gasteiger partial charge in [-0.2, -0.15) is 0 Å². The Morgan fingerprint density at radius 3 is 2.71 bits per heavy atom. The van der Waals surface area contributed by atoms with E-state index in [-0.39, 0.29) is 5.97 Å². The minimum atomic E-state index is -0.130. The fourth-order valence-electron chi connectivity index (χ4n) is 1.88. The molecule has 0 aromatic heterocycles. The molecule has 1 aliphatic rings. The van der Waals surface area contributed by atoms with Crippen molar-refractivity contribution in [3.63, 3.8) is 0 Å². The Balaban J connectivity index is 1.92. The highest BCUT2D eigenvalue weighted by atomic mass is 16.5. The number of carbonyl (C=O) groups is 1. The van der Waals surface area contributed by atoms with Gasteiger partial charge in [0.1, 0.15) is 0 Å². The van der Waals surface area contributed by atoms with Gasteiger partial charge in [-0.25, -0.2) is 0 Å². The number of piperidine rings is 1. The standard InChI is InChI=1S/C13H25NO3/c1-2-3-4-10-17-13(15)7-11-16-12-5-8-14-9-6-12/h12,14H,2-11H2,1H3. The SMILES string of the molecule is CCCCCOC(=O)CCOC1CCNCC1. The Labute approximate surface area is 104 Å². The van der Waals surface area contributed by atoms with Crippen LogP contribution in [-0.4, -0.2) is 38.4 Å². The maximum absolute atomic E-state index is 11.3. The number of esters is 1. The van der Waals surface area contributed by atoms with Crippen LogP contribution in [0.3, 0.4) is 0 Å². The van der Waals surface area contributed by atoms with Crippen molar-refractivity contribution in [2.45, 2.75) is 51.6 Å². The molecular weight excluding hydrogens is 218 g/mol. The Morgan fingerprint density at radius 1 is 1.24 bits per heavy atom. The van der Waals surface area contributed by atoms with Crippen LogP contribution in [0, 0.1) is 0 Å². The predicted molar refractivity (Wildman–Crippen MR) is 66.9 cm³/mol. The number of hydrogen-bond acceptors (Lipinski definition) is 4. The summed E-state index contributed by atoms with van der Waals surface area (Å²) in [5.41, 5.74) is 0. The van der Waals surface area contributed by atoms with Crippen molar-refractivity contribution in [2.24, 2.45) is 0 Å². The first-order valence-electron chi connectivity index (χ1n) is 6.81. The second-order valence-corrected chi connectivity index (χ2v) is 4.50. The fraction of sp³-hybridized carbons (Fsp3) is 0.923. The lowest BCUT2D eigenvalue weighted by Crippen LogP contribution is -2.32. The summed E-state index contributed by atoms with van der Waals surface area (Å²) in [4.78, 5) is 11.3. The molecule has 4 heteroatoms. The van der Waals surface area contributed by atoms with Gasteiger partial charge in [-0.15, -0.1) is 0 Å². The van der Waals surface area contributed by atoms with E-state index in [9.17, 15) is 4.79 Å². The van der Waals surface area contributed by atoms with Gasteiger partial charge in [-0.3, -0.25) is 4.79 Å². The van der Waals surface area contributed by atoms with Crippen molar-refractivity contribution < 1.29 is 14.3 Å². The van der Waals surface area contributed by atoms with Crippen LogP contribution < -0.4 is 5.32 Å². The molecule has 1 rings (SSSR count). The molecule has 17 heavy (non-hydrogen) atoms. The molecule has 1 N–H and O–H groups in total.